The van der Waals surface area contributed by atoms with Crippen molar-refractivity contribution in [3.63, 3.8) is 0 Å². The average molecular weight is 510 g/mol. The Balaban J connectivity index is 1.69. The molecule has 0 saturated heterocycles. The summed E-state index contributed by atoms with van der Waals surface area (Å²) in [5.74, 6) is -0.450. The molecular formula is C26H27N3O4S2. The van der Waals surface area contributed by atoms with E-state index < -0.39 is 15.9 Å². The SMILES string of the molecule is COCCn1c(=NC(=O)c2cccc(NS(=O)(=O)c3ccc(C)cc3)c2)sc2c(C)cc(C)cc21. The highest BCUT2D eigenvalue weighted by Crippen LogP contribution is 2.24. The lowest BCUT2D eigenvalue weighted by Crippen LogP contribution is -2.19. The number of ether oxygens (including phenoxy) is 1. The number of anilines is 1. The molecule has 7 nitrogen and oxygen atoms in total. The highest BCUT2D eigenvalue weighted by molar-refractivity contribution is 7.92. The van der Waals surface area contributed by atoms with Gasteiger partial charge in [-0.15, -0.1) is 0 Å². The van der Waals surface area contributed by atoms with Crippen LogP contribution in [0.1, 0.15) is 27.0 Å². The summed E-state index contributed by atoms with van der Waals surface area (Å²) in [6.07, 6.45) is 0. The molecule has 0 saturated carbocycles. The van der Waals surface area contributed by atoms with Crippen LogP contribution in [-0.4, -0.2) is 32.6 Å². The van der Waals surface area contributed by atoms with Gasteiger partial charge in [-0.2, -0.15) is 4.99 Å². The maximum Gasteiger partial charge on any atom is 0.279 e. The quantitative estimate of drug-likeness (QED) is 0.387. The van der Waals surface area contributed by atoms with Crippen LogP contribution in [0.4, 0.5) is 5.69 Å². The molecule has 9 heteroatoms. The van der Waals surface area contributed by atoms with E-state index in [2.05, 4.69) is 21.8 Å². The van der Waals surface area contributed by atoms with E-state index in [1.165, 1.54) is 17.4 Å². The molecule has 0 aliphatic carbocycles. The summed E-state index contributed by atoms with van der Waals surface area (Å²) in [5, 5.41) is 0. The van der Waals surface area contributed by atoms with Gasteiger partial charge in [0.2, 0.25) is 0 Å². The number of carbonyl (C=O) groups excluding carboxylic acids is 1. The fraction of sp³-hybridized carbons (Fsp3) is 0.231. The summed E-state index contributed by atoms with van der Waals surface area (Å²) in [4.78, 5) is 18.2. The van der Waals surface area contributed by atoms with Gasteiger partial charge in [0.15, 0.2) is 4.80 Å². The van der Waals surface area contributed by atoms with Crippen LogP contribution in [0.3, 0.4) is 0 Å². The molecule has 182 valence electrons. The Kier molecular flexibility index (Phi) is 7.20. The number of fused-ring (bicyclic) bond motifs is 1. The summed E-state index contributed by atoms with van der Waals surface area (Å²) < 4.78 is 36.4. The molecule has 0 aliphatic heterocycles. The smallest absolute Gasteiger partial charge is 0.279 e. The first-order chi connectivity index (χ1) is 16.7. The predicted octanol–water partition coefficient (Wildman–Crippen LogP) is 4.82. The molecule has 0 spiro atoms. The third-order valence-corrected chi connectivity index (χ3v) is 8.15. The number of aromatic nitrogens is 1. The number of amides is 1. The Bertz CT molecular complexity index is 1570. The normalized spacial score (nSPS) is 12.3. The first-order valence-corrected chi connectivity index (χ1v) is 13.4. The summed E-state index contributed by atoms with van der Waals surface area (Å²) in [6, 6.07) is 17.1. The molecule has 1 amide bonds. The zero-order chi connectivity index (χ0) is 25.2. The molecule has 4 aromatic rings. The number of thiazole rings is 1. The number of hydrogen-bond donors (Lipinski definition) is 1. The second-order valence-corrected chi connectivity index (χ2v) is 11.0. The zero-order valence-electron chi connectivity index (χ0n) is 20.0. The number of benzene rings is 3. The maximum absolute atomic E-state index is 13.1. The predicted molar refractivity (Wildman–Crippen MR) is 139 cm³/mol. The van der Waals surface area contributed by atoms with Crippen molar-refractivity contribution in [2.75, 3.05) is 18.4 Å². The third-order valence-electron chi connectivity index (χ3n) is 5.52. The van der Waals surface area contributed by atoms with E-state index >= 15 is 0 Å². The Morgan fingerprint density at radius 2 is 1.77 bits per heavy atom. The Morgan fingerprint density at radius 1 is 1.03 bits per heavy atom. The van der Waals surface area contributed by atoms with Gasteiger partial charge >= 0.3 is 0 Å². The van der Waals surface area contributed by atoms with Crippen molar-refractivity contribution >= 4 is 43.2 Å². The monoisotopic (exact) mass is 509 g/mol. The van der Waals surface area contributed by atoms with Crippen LogP contribution in [-0.2, 0) is 21.3 Å². The van der Waals surface area contributed by atoms with Gasteiger partial charge in [-0.3, -0.25) is 9.52 Å². The highest BCUT2D eigenvalue weighted by atomic mass is 32.2. The molecule has 0 aliphatic rings. The standard InChI is InChI=1S/C26H27N3O4S2/c1-17-8-10-22(11-9-17)35(31,32)28-21-7-5-6-20(16-21)25(30)27-26-29(12-13-33-4)23-15-18(2)14-19(3)24(23)34-26/h5-11,14-16,28H,12-13H2,1-4H3. The Hall–Kier alpha value is -3.27. The lowest BCUT2D eigenvalue weighted by atomic mass is 10.1. The van der Waals surface area contributed by atoms with E-state index in [-0.39, 0.29) is 10.5 Å². The number of aryl methyl sites for hydroxylation is 3. The van der Waals surface area contributed by atoms with Crippen LogP contribution < -0.4 is 9.52 Å². The molecule has 0 bridgehead atoms. The minimum atomic E-state index is -3.78. The first kappa shape index (κ1) is 24.8. The van der Waals surface area contributed by atoms with Gasteiger partial charge in [-0.1, -0.05) is 41.2 Å². The molecule has 0 unspecified atom stereocenters. The third kappa shape index (κ3) is 5.53. The van der Waals surface area contributed by atoms with Crippen LogP contribution >= 0.6 is 11.3 Å². The van der Waals surface area contributed by atoms with Crippen molar-refractivity contribution in [3.8, 4) is 0 Å². The van der Waals surface area contributed by atoms with E-state index in [0.29, 0.717) is 23.6 Å². The molecule has 0 fully saturated rings. The van der Waals surface area contributed by atoms with Gasteiger partial charge in [0.25, 0.3) is 15.9 Å². The van der Waals surface area contributed by atoms with E-state index in [4.69, 9.17) is 4.74 Å². The van der Waals surface area contributed by atoms with Gasteiger partial charge in [-0.25, -0.2) is 8.42 Å². The fourth-order valence-corrected chi connectivity index (χ4v) is 5.95. The number of rotatable bonds is 7. The lowest BCUT2D eigenvalue weighted by Gasteiger charge is -2.09. The average Bonchev–Trinajstić information content (AvgIpc) is 3.15. The highest BCUT2D eigenvalue weighted by Gasteiger charge is 2.16. The van der Waals surface area contributed by atoms with Crippen LogP contribution in [0.5, 0.6) is 0 Å². The molecular weight excluding hydrogens is 482 g/mol. The summed E-state index contributed by atoms with van der Waals surface area (Å²) in [5.41, 5.74) is 4.81. The Morgan fingerprint density at radius 3 is 2.49 bits per heavy atom. The van der Waals surface area contributed by atoms with Crippen LogP contribution in [0.15, 0.2) is 70.6 Å². The van der Waals surface area contributed by atoms with Crippen LogP contribution in [0.25, 0.3) is 10.2 Å². The van der Waals surface area contributed by atoms with Crippen molar-refractivity contribution in [1.29, 1.82) is 0 Å². The van der Waals surface area contributed by atoms with Gasteiger partial charge in [-0.05, 0) is 68.3 Å². The fourth-order valence-electron chi connectivity index (χ4n) is 3.80. The van der Waals surface area contributed by atoms with Crippen molar-refractivity contribution in [3.05, 3.63) is 87.7 Å². The van der Waals surface area contributed by atoms with E-state index in [0.717, 1.165) is 26.9 Å². The van der Waals surface area contributed by atoms with Crippen LogP contribution in [0.2, 0.25) is 0 Å². The summed E-state index contributed by atoms with van der Waals surface area (Å²) in [6.45, 7) is 7.01. The second kappa shape index (κ2) is 10.2. The number of carbonyl (C=O) groups is 1. The number of nitrogens with zero attached hydrogens (tertiary/aromatic N) is 2. The number of methoxy groups -OCH3 is 1. The van der Waals surface area contributed by atoms with Gasteiger partial charge in [0.1, 0.15) is 0 Å². The van der Waals surface area contributed by atoms with Crippen molar-refractivity contribution in [1.82, 2.24) is 4.57 Å². The molecule has 35 heavy (non-hydrogen) atoms. The van der Waals surface area contributed by atoms with E-state index in [1.807, 2.05) is 25.3 Å². The lowest BCUT2D eigenvalue weighted by molar-refractivity contribution is 0.0997. The molecule has 0 atom stereocenters. The Labute approximate surface area is 208 Å². The van der Waals surface area contributed by atoms with Crippen LogP contribution in [0, 0.1) is 20.8 Å². The molecule has 1 heterocycles. The molecule has 1 aromatic heterocycles. The minimum absolute atomic E-state index is 0.152. The first-order valence-electron chi connectivity index (χ1n) is 11.1. The van der Waals surface area contributed by atoms with Gasteiger partial charge in [0.05, 0.1) is 21.7 Å². The number of hydrogen-bond acceptors (Lipinski definition) is 5. The molecule has 3 aromatic carbocycles. The maximum atomic E-state index is 13.1. The molecule has 1 N–H and O–H groups in total. The van der Waals surface area contributed by atoms with Crippen molar-refractivity contribution < 1.29 is 17.9 Å². The van der Waals surface area contributed by atoms with E-state index in [9.17, 15) is 13.2 Å². The van der Waals surface area contributed by atoms with Crippen molar-refractivity contribution in [2.45, 2.75) is 32.2 Å². The summed E-state index contributed by atoms with van der Waals surface area (Å²) >= 11 is 1.45. The molecule has 4 rings (SSSR count). The van der Waals surface area contributed by atoms with E-state index in [1.54, 1.807) is 49.6 Å². The van der Waals surface area contributed by atoms with Crippen molar-refractivity contribution in [2.24, 2.45) is 4.99 Å². The second-order valence-electron chi connectivity index (χ2n) is 8.38. The molecule has 0 radical (unpaired) electrons. The van der Waals surface area contributed by atoms with Gasteiger partial charge < -0.3 is 9.30 Å². The topological polar surface area (TPSA) is 89.8 Å². The number of sulfonamides is 1. The van der Waals surface area contributed by atoms with Gasteiger partial charge in [0, 0.05) is 24.9 Å². The largest absolute Gasteiger partial charge is 0.383 e. The summed E-state index contributed by atoms with van der Waals surface area (Å²) in [7, 11) is -2.15. The number of nitrogens with one attached hydrogen (secondary N) is 1. The minimum Gasteiger partial charge on any atom is -0.383 e. The zero-order valence-corrected chi connectivity index (χ0v) is 21.7.